The minimum Gasteiger partial charge on any atom is -0.387 e. The van der Waals surface area contributed by atoms with Gasteiger partial charge in [0.05, 0.1) is 24.0 Å². The number of nitrogens with one attached hydrogen (secondary N) is 1. The molecule has 7 rings (SSSR count). The van der Waals surface area contributed by atoms with Crippen molar-refractivity contribution in [3.63, 3.8) is 0 Å². The van der Waals surface area contributed by atoms with E-state index in [1.165, 1.54) is 12.4 Å². The third kappa shape index (κ3) is 5.86. The zero-order valence-electron chi connectivity index (χ0n) is 25.9. The summed E-state index contributed by atoms with van der Waals surface area (Å²) in [6.07, 6.45) is 7.39. The molecule has 0 spiro atoms. The Hall–Kier alpha value is -3.97. The number of hydrogen-bond acceptors (Lipinski definition) is 9. The number of aryl methyl sites for hydroxylation is 1. The van der Waals surface area contributed by atoms with Crippen molar-refractivity contribution in [2.24, 2.45) is 4.99 Å². The van der Waals surface area contributed by atoms with Gasteiger partial charge in [-0.15, -0.1) is 0 Å². The molecule has 2 fully saturated rings. The Morgan fingerprint density at radius 2 is 1.91 bits per heavy atom. The highest BCUT2D eigenvalue weighted by Crippen LogP contribution is 2.35. The van der Waals surface area contributed by atoms with Gasteiger partial charge in [0, 0.05) is 23.6 Å². The Labute approximate surface area is 265 Å². The van der Waals surface area contributed by atoms with Crippen LogP contribution >= 0.6 is 0 Å². The Bertz CT molecular complexity index is 1820. The van der Waals surface area contributed by atoms with Crippen LogP contribution in [0.15, 0.2) is 58.6 Å². The van der Waals surface area contributed by atoms with Crippen LogP contribution in [0, 0.1) is 5.82 Å². The van der Waals surface area contributed by atoms with Crippen molar-refractivity contribution in [1.82, 2.24) is 24.6 Å². The standard InChI is InChI=1S/C34H39FN6O5/c1-2-6-29-27(17-22-10-9-21(18-28(22)35)25-7-3-4-8-26(25)30-38-33(43)46-39-30)31(42)40(32-36-20-37-41(29)32)23-11-13-24(14-12-23)45-19-34(44)15-5-16-34/h3-4,7-10,18,20,23-24,33,43-44H,2,5-6,11-17,19H2,1H3,(H,38,39). The van der Waals surface area contributed by atoms with Crippen LogP contribution in [0.1, 0.15) is 86.7 Å². The molecule has 12 heteroatoms. The van der Waals surface area contributed by atoms with Gasteiger partial charge in [-0.1, -0.05) is 49.7 Å². The maximum atomic E-state index is 15.9. The van der Waals surface area contributed by atoms with Crippen molar-refractivity contribution in [1.29, 1.82) is 0 Å². The number of hydrogen-bond donors (Lipinski definition) is 3. The van der Waals surface area contributed by atoms with Crippen LogP contribution in [0.5, 0.6) is 0 Å². The highest BCUT2D eigenvalue weighted by molar-refractivity contribution is 6.04. The van der Waals surface area contributed by atoms with Crippen LogP contribution in [0.25, 0.3) is 16.9 Å². The lowest BCUT2D eigenvalue weighted by Crippen LogP contribution is -2.43. The second-order valence-corrected chi connectivity index (χ2v) is 12.7. The molecule has 0 amide bonds. The number of rotatable bonds is 10. The molecule has 46 heavy (non-hydrogen) atoms. The molecule has 3 aliphatic rings. The number of nitrogens with zero attached hydrogens (tertiary/aromatic N) is 5. The van der Waals surface area contributed by atoms with E-state index in [2.05, 4.69) is 20.6 Å². The van der Waals surface area contributed by atoms with Gasteiger partial charge in [0.15, 0.2) is 5.84 Å². The first-order valence-corrected chi connectivity index (χ1v) is 16.2. The van der Waals surface area contributed by atoms with Crippen molar-refractivity contribution in [2.75, 3.05) is 6.61 Å². The zero-order chi connectivity index (χ0) is 31.8. The first kappa shape index (κ1) is 30.7. The number of aliphatic hydroxyl groups excluding tert-OH is 1. The maximum absolute atomic E-state index is 15.9. The van der Waals surface area contributed by atoms with Gasteiger partial charge in [-0.3, -0.25) is 9.36 Å². The summed E-state index contributed by atoms with van der Waals surface area (Å²) in [5, 5.41) is 24.6. The molecule has 1 aliphatic heterocycles. The Morgan fingerprint density at radius 1 is 1.13 bits per heavy atom. The van der Waals surface area contributed by atoms with Crippen LogP contribution in [0.3, 0.4) is 0 Å². The lowest BCUT2D eigenvalue weighted by Gasteiger charge is -2.38. The molecule has 1 unspecified atom stereocenters. The highest BCUT2D eigenvalue weighted by atomic mass is 19.1. The number of hydroxylamine groups is 1. The summed E-state index contributed by atoms with van der Waals surface area (Å²) in [4.78, 5) is 27.8. The Kier molecular flexibility index (Phi) is 8.45. The number of fused-ring (bicyclic) bond motifs is 1. The number of halogens is 1. The van der Waals surface area contributed by atoms with E-state index >= 15 is 4.39 Å². The largest absolute Gasteiger partial charge is 0.387 e. The monoisotopic (exact) mass is 630 g/mol. The number of amidine groups is 1. The van der Waals surface area contributed by atoms with Gasteiger partial charge >= 0.3 is 0 Å². The summed E-state index contributed by atoms with van der Waals surface area (Å²) >= 11 is 0. The van der Waals surface area contributed by atoms with E-state index in [4.69, 9.17) is 9.57 Å². The summed E-state index contributed by atoms with van der Waals surface area (Å²) in [6.45, 7) is 2.41. The molecule has 4 aromatic rings. The van der Waals surface area contributed by atoms with Gasteiger partial charge in [-0.05, 0) is 74.1 Å². The molecular formula is C34H39FN6O5. The van der Waals surface area contributed by atoms with E-state index in [0.717, 1.165) is 62.6 Å². The second kappa shape index (κ2) is 12.7. The van der Waals surface area contributed by atoms with E-state index in [0.29, 0.717) is 46.9 Å². The highest BCUT2D eigenvalue weighted by Gasteiger charge is 2.36. The summed E-state index contributed by atoms with van der Waals surface area (Å²) < 4.78 is 25.5. The van der Waals surface area contributed by atoms with Crippen LogP contribution in [-0.2, 0) is 22.4 Å². The van der Waals surface area contributed by atoms with Crippen molar-refractivity contribution in [3.8, 4) is 11.1 Å². The topological polar surface area (TPSA) is 136 Å². The third-order valence-corrected chi connectivity index (χ3v) is 9.61. The number of ether oxygens (including phenoxy) is 1. The Morgan fingerprint density at radius 3 is 2.59 bits per heavy atom. The predicted molar refractivity (Wildman–Crippen MR) is 169 cm³/mol. The first-order chi connectivity index (χ1) is 22.3. The van der Waals surface area contributed by atoms with Gasteiger partial charge in [0.1, 0.15) is 12.1 Å². The maximum Gasteiger partial charge on any atom is 0.280 e. The fourth-order valence-electron chi connectivity index (χ4n) is 6.94. The SMILES string of the molecule is CCCc1c(Cc2ccc(-c3ccccc3C3=NC(O)ON3)cc2F)c(=O)n(C2CCC(OCC3(O)CCC3)CC2)c2ncnn12. The molecule has 1 atom stereocenters. The Balaban J connectivity index is 1.18. The van der Waals surface area contributed by atoms with Crippen molar-refractivity contribution in [2.45, 2.75) is 95.3 Å². The number of benzene rings is 2. The average Bonchev–Trinajstić information content (AvgIpc) is 3.71. The molecule has 3 N–H and O–H groups in total. The molecular weight excluding hydrogens is 591 g/mol. The molecule has 242 valence electrons. The second-order valence-electron chi connectivity index (χ2n) is 12.7. The summed E-state index contributed by atoms with van der Waals surface area (Å²) in [7, 11) is 0. The van der Waals surface area contributed by atoms with E-state index in [1.807, 2.05) is 37.3 Å². The van der Waals surface area contributed by atoms with Crippen molar-refractivity contribution < 1.29 is 24.2 Å². The smallest absolute Gasteiger partial charge is 0.280 e. The van der Waals surface area contributed by atoms with E-state index in [9.17, 15) is 15.0 Å². The number of aromatic nitrogens is 4. The predicted octanol–water partition coefficient (Wildman–Crippen LogP) is 4.21. The lowest BCUT2D eigenvalue weighted by molar-refractivity contribution is -0.120. The van der Waals surface area contributed by atoms with Crippen LogP contribution in [0.2, 0.25) is 0 Å². The summed E-state index contributed by atoms with van der Waals surface area (Å²) in [5.74, 6) is 0.438. The van der Waals surface area contributed by atoms with Gasteiger partial charge < -0.3 is 14.9 Å². The summed E-state index contributed by atoms with van der Waals surface area (Å²) in [5.41, 5.74) is 5.47. The van der Waals surface area contributed by atoms with Crippen molar-refractivity contribution >= 4 is 11.6 Å². The van der Waals surface area contributed by atoms with Crippen LogP contribution in [-0.4, -0.2) is 59.9 Å². The molecule has 11 nitrogen and oxygen atoms in total. The number of aliphatic imine (C=N–C) groups is 1. The zero-order valence-corrected chi connectivity index (χ0v) is 25.9. The van der Waals surface area contributed by atoms with Crippen molar-refractivity contribution in [3.05, 3.63) is 87.3 Å². The average molecular weight is 631 g/mol. The van der Waals surface area contributed by atoms with Gasteiger partial charge in [0.25, 0.3) is 12.0 Å². The number of aliphatic hydroxyl groups is 2. The molecule has 2 saturated carbocycles. The van der Waals surface area contributed by atoms with Crippen LogP contribution < -0.4 is 11.0 Å². The van der Waals surface area contributed by atoms with E-state index < -0.39 is 17.8 Å². The molecule has 0 saturated heterocycles. The quantitative estimate of drug-likeness (QED) is 0.237. The molecule has 2 aliphatic carbocycles. The van der Waals surface area contributed by atoms with Gasteiger partial charge in [-0.2, -0.15) is 10.1 Å². The molecule has 3 heterocycles. The van der Waals surface area contributed by atoms with Gasteiger partial charge in [0.2, 0.25) is 5.78 Å². The minimum absolute atomic E-state index is 0.0520. The molecule has 0 radical (unpaired) electrons. The van der Waals surface area contributed by atoms with E-state index in [1.54, 1.807) is 15.1 Å². The molecule has 2 aromatic heterocycles. The summed E-state index contributed by atoms with van der Waals surface area (Å²) in [6, 6.07) is 12.3. The fourth-order valence-corrected chi connectivity index (χ4v) is 6.94. The lowest BCUT2D eigenvalue weighted by atomic mass is 9.81. The van der Waals surface area contributed by atoms with E-state index in [-0.39, 0.29) is 24.1 Å². The van der Waals surface area contributed by atoms with Crippen LogP contribution in [0.4, 0.5) is 4.39 Å². The molecule has 0 bridgehead atoms. The third-order valence-electron chi connectivity index (χ3n) is 9.61. The first-order valence-electron chi connectivity index (χ1n) is 16.2. The van der Waals surface area contributed by atoms with Gasteiger partial charge in [-0.25, -0.2) is 24.2 Å². The molecule has 2 aromatic carbocycles. The fraction of sp³-hybridized carbons (Fsp3) is 0.471. The minimum atomic E-state index is -1.31. The normalized spacial score (nSPS) is 22.4.